The molecule has 1 saturated heterocycles. The summed E-state index contributed by atoms with van der Waals surface area (Å²) in [5.74, 6) is 1.54. The van der Waals surface area contributed by atoms with Crippen molar-refractivity contribution in [1.29, 1.82) is 0 Å². The molecule has 0 radical (unpaired) electrons. The SMILES string of the molecule is O=C(CC1CCCCC1)NCCCS(=O)(=O)N1CCN(c2ccccn2)CC1. The third-order valence-electron chi connectivity index (χ3n) is 5.71. The average molecular weight is 409 g/mol. The molecule has 1 aromatic rings. The lowest BCUT2D eigenvalue weighted by molar-refractivity contribution is -0.122. The standard InChI is InChI=1S/C20H32N4O3S/c25-20(17-18-7-2-1-3-8-18)22-11-6-16-28(26,27)24-14-12-23(13-15-24)19-9-4-5-10-21-19/h4-5,9-10,18H,1-3,6-8,11-17H2,(H,22,25). The van der Waals surface area contributed by atoms with Gasteiger partial charge in [0.15, 0.2) is 0 Å². The van der Waals surface area contributed by atoms with Crippen LogP contribution in [0.15, 0.2) is 24.4 Å². The van der Waals surface area contributed by atoms with Crippen LogP contribution in [0.25, 0.3) is 0 Å². The minimum atomic E-state index is -3.28. The molecule has 2 fully saturated rings. The molecule has 1 amide bonds. The van der Waals surface area contributed by atoms with E-state index in [9.17, 15) is 13.2 Å². The average Bonchev–Trinajstić information content (AvgIpc) is 2.73. The quantitative estimate of drug-likeness (QED) is 0.666. The summed E-state index contributed by atoms with van der Waals surface area (Å²) in [5.41, 5.74) is 0. The van der Waals surface area contributed by atoms with E-state index in [1.807, 2.05) is 18.2 Å². The zero-order chi connectivity index (χ0) is 19.8. The molecule has 0 unspecified atom stereocenters. The van der Waals surface area contributed by atoms with Gasteiger partial charge in [0.05, 0.1) is 5.75 Å². The molecule has 0 aromatic carbocycles. The molecule has 0 atom stereocenters. The number of rotatable bonds is 8. The molecule has 1 aliphatic carbocycles. The Morgan fingerprint density at radius 3 is 2.54 bits per heavy atom. The Labute approximate surface area is 168 Å². The largest absolute Gasteiger partial charge is 0.356 e. The predicted molar refractivity (Wildman–Crippen MR) is 111 cm³/mol. The van der Waals surface area contributed by atoms with E-state index in [4.69, 9.17) is 0 Å². The monoisotopic (exact) mass is 408 g/mol. The minimum absolute atomic E-state index is 0.0632. The van der Waals surface area contributed by atoms with Crippen molar-refractivity contribution in [2.24, 2.45) is 5.92 Å². The van der Waals surface area contributed by atoms with Crippen molar-refractivity contribution in [3.05, 3.63) is 24.4 Å². The van der Waals surface area contributed by atoms with Crippen molar-refractivity contribution in [2.45, 2.75) is 44.9 Å². The van der Waals surface area contributed by atoms with Crippen LogP contribution in [0, 0.1) is 5.92 Å². The van der Waals surface area contributed by atoms with E-state index in [1.165, 1.54) is 19.3 Å². The second-order valence-corrected chi connectivity index (χ2v) is 9.89. The van der Waals surface area contributed by atoms with Gasteiger partial charge in [-0.2, -0.15) is 4.31 Å². The summed E-state index contributed by atoms with van der Waals surface area (Å²) < 4.78 is 26.7. The fourth-order valence-corrected chi connectivity index (χ4v) is 5.56. The summed E-state index contributed by atoms with van der Waals surface area (Å²) in [5, 5.41) is 2.90. The Kier molecular flexibility index (Phi) is 7.67. The third kappa shape index (κ3) is 6.17. The number of carbonyl (C=O) groups excluding carboxylic acids is 1. The van der Waals surface area contributed by atoms with E-state index >= 15 is 0 Å². The van der Waals surface area contributed by atoms with E-state index in [-0.39, 0.29) is 11.7 Å². The first-order valence-electron chi connectivity index (χ1n) is 10.4. The Hall–Kier alpha value is -1.67. The first kappa shape index (κ1) is 21.0. The van der Waals surface area contributed by atoms with Gasteiger partial charge in [0, 0.05) is 45.3 Å². The van der Waals surface area contributed by atoms with Crippen LogP contribution in [0.2, 0.25) is 0 Å². The predicted octanol–water partition coefficient (Wildman–Crippen LogP) is 2.01. The van der Waals surface area contributed by atoms with Gasteiger partial charge < -0.3 is 10.2 Å². The molecule has 1 saturated carbocycles. The van der Waals surface area contributed by atoms with Crippen LogP contribution in [0.5, 0.6) is 0 Å². The Bertz CT molecular complexity index is 712. The van der Waals surface area contributed by atoms with E-state index in [0.29, 0.717) is 51.5 Å². The number of sulfonamides is 1. The highest BCUT2D eigenvalue weighted by Gasteiger charge is 2.27. The van der Waals surface area contributed by atoms with Gasteiger partial charge in [-0.3, -0.25) is 4.79 Å². The Balaban J connectivity index is 1.34. The number of carbonyl (C=O) groups is 1. The molecule has 3 rings (SSSR count). The number of hydrogen-bond acceptors (Lipinski definition) is 5. The molecule has 156 valence electrons. The van der Waals surface area contributed by atoms with Crippen LogP contribution >= 0.6 is 0 Å². The molecule has 1 aromatic heterocycles. The second kappa shape index (κ2) is 10.2. The van der Waals surface area contributed by atoms with Crippen LogP contribution in [-0.4, -0.2) is 62.1 Å². The molecule has 0 bridgehead atoms. The summed E-state index contributed by atoms with van der Waals surface area (Å²) >= 11 is 0. The molecular weight excluding hydrogens is 376 g/mol. The van der Waals surface area contributed by atoms with E-state index in [2.05, 4.69) is 15.2 Å². The lowest BCUT2D eigenvalue weighted by atomic mass is 9.87. The number of amides is 1. The molecule has 28 heavy (non-hydrogen) atoms. The minimum Gasteiger partial charge on any atom is -0.356 e. The molecule has 0 spiro atoms. The topological polar surface area (TPSA) is 82.6 Å². The lowest BCUT2D eigenvalue weighted by Crippen LogP contribution is -2.49. The lowest BCUT2D eigenvalue weighted by Gasteiger charge is -2.34. The Morgan fingerprint density at radius 2 is 1.86 bits per heavy atom. The van der Waals surface area contributed by atoms with Gasteiger partial charge in [-0.1, -0.05) is 25.3 Å². The maximum Gasteiger partial charge on any atom is 0.220 e. The van der Waals surface area contributed by atoms with Gasteiger partial charge in [0.25, 0.3) is 0 Å². The molecule has 8 heteroatoms. The van der Waals surface area contributed by atoms with Crippen molar-refractivity contribution >= 4 is 21.7 Å². The molecule has 7 nitrogen and oxygen atoms in total. The van der Waals surface area contributed by atoms with Crippen LogP contribution in [0.4, 0.5) is 5.82 Å². The van der Waals surface area contributed by atoms with Crippen molar-refractivity contribution in [3.8, 4) is 0 Å². The first-order valence-corrected chi connectivity index (χ1v) is 12.1. The fourth-order valence-electron chi connectivity index (χ4n) is 4.07. The number of piperazine rings is 1. The zero-order valence-corrected chi connectivity index (χ0v) is 17.4. The highest BCUT2D eigenvalue weighted by Crippen LogP contribution is 2.26. The molecular formula is C20H32N4O3S. The van der Waals surface area contributed by atoms with Gasteiger partial charge in [-0.05, 0) is 37.3 Å². The molecule has 2 heterocycles. The maximum atomic E-state index is 12.6. The van der Waals surface area contributed by atoms with Gasteiger partial charge in [0.1, 0.15) is 5.82 Å². The number of nitrogens with one attached hydrogen (secondary N) is 1. The second-order valence-electron chi connectivity index (χ2n) is 7.80. The molecule has 1 N–H and O–H groups in total. The van der Waals surface area contributed by atoms with E-state index in [1.54, 1.807) is 10.5 Å². The van der Waals surface area contributed by atoms with Crippen molar-refractivity contribution < 1.29 is 13.2 Å². The first-order chi connectivity index (χ1) is 13.5. The Morgan fingerprint density at radius 1 is 1.11 bits per heavy atom. The van der Waals surface area contributed by atoms with Gasteiger partial charge >= 0.3 is 0 Å². The molecule has 2 aliphatic rings. The molecule has 1 aliphatic heterocycles. The van der Waals surface area contributed by atoms with E-state index in [0.717, 1.165) is 18.7 Å². The summed E-state index contributed by atoms with van der Waals surface area (Å²) in [4.78, 5) is 18.5. The normalized spacial score (nSPS) is 19.5. The third-order valence-corrected chi connectivity index (χ3v) is 7.66. The van der Waals surface area contributed by atoms with Crippen molar-refractivity contribution in [3.63, 3.8) is 0 Å². The van der Waals surface area contributed by atoms with Crippen LogP contribution in [0.3, 0.4) is 0 Å². The van der Waals surface area contributed by atoms with Crippen molar-refractivity contribution in [1.82, 2.24) is 14.6 Å². The number of anilines is 1. The van der Waals surface area contributed by atoms with E-state index < -0.39 is 10.0 Å². The van der Waals surface area contributed by atoms with Crippen LogP contribution < -0.4 is 10.2 Å². The fraction of sp³-hybridized carbons (Fsp3) is 0.700. The number of aromatic nitrogens is 1. The summed E-state index contributed by atoms with van der Waals surface area (Å²) in [6.07, 6.45) is 8.82. The highest BCUT2D eigenvalue weighted by molar-refractivity contribution is 7.89. The van der Waals surface area contributed by atoms with Crippen molar-refractivity contribution in [2.75, 3.05) is 43.4 Å². The number of hydrogen-bond donors (Lipinski definition) is 1. The summed E-state index contributed by atoms with van der Waals surface area (Å²) in [7, 11) is -3.28. The summed E-state index contributed by atoms with van der Waals surface area (Å²) in [6.45, 7) is 2.68. The smallest absolute Gasteiger partial charge is 0.220 e. The maximum absolute atomic E-state index is 12.6. The van der Waals surface area contributed by atoms with Gasteiger partial charge in [0.2, 0.25) is 15.9 Å². The number of pyridine rings is 1. The van der Waals surface area contributed by atoms with Crippen LogP contribution in [-0.2, 0) is 14.8 Å². The van der Waals surface area contributed by atoms with Crippen LogP contribution in [0.1, 0.15) is 44.9 Å². The summed E-state index contributed by atoms with van der Waals surface area (Å²) in [6, 6.07) is 5.76. The van der Waals surface area contributed by atoms with Gasteiger partial charge in [-0.25, -0.2) is 13.4 Å². The van der Waals surface area contributed by atoms with Gasteiger partial charge in [-0.15, -0.1) is 0 Å². The number of nitrogens with zero attached hydrogens (tertiary/aromatic N) is 3. The highest BCUT2D eigenvalue weighted by atomic mass is 32.2. The zero-order valence-electron chi connectivity index (χ0n) is 16.6.